The summed E-state index contributed by atoms with van der Waals surface area (Å²) in [5.41, 5.74) is 2.60. The lowest BCUT2D eigenvalue weighted by Crippen LogP contribution is -2.24. The van der Waals surface area contributed by atoms with Crippen LogP contribution in [0, 0.1) is 18.3 Å². The average Bonchev–Trinajstić information content (AvgIpc) is 3.10. The second-order valence-corrected chi connectivity index (χ2v) is 7.03. The fourth-order valence-electron chi connectivity index (χ4n) is 3.38. The molecule has 2 aliphatic rings. The smallest absolute Gasteiger partial charge is 0.166 e. The van der Waals surface area contributed by atoms with Crippen LogP contribution >= 0.6 is 15.9 Å². The molecule has 0 amide bonds. The molecule has 2 heteroatoms. The molecule has 2 aliphatic carbocycles. The van der Waals surface area contributed by atoms with Crippen molar-refractivity contribution in [2.75, 3.05) is 0 Å². The number of carbonyl (C=O) groups excluding carboxylic acids is 1. The highest BCUT2D eigenvalue weighted by molar-refractivity contribution is 9.10. The van der Waals surface area contributed by atoms with E-state index in [0.29, 0.717) is 11.2 Å². The minimum absolute atomic E-state index is 0.272. The largest absolute Gasteiger partial charge is 0.294 e. The molecular formula is C16H19BrO. The van der Waals surface area contributed by atoms with Crippen molar-refractivity contribution in [3.63, 3.8) is 0 Å². The maximum absolute atomic E-state index is 12.7. The molecule has 1 nitrogen and oxygen atoms in total. The molecule has 96 valence electrons. The zero-order valence-electron chi connectivity index (χ0n) is 10.8. The van der Waals surface area contributed by atoms with Crippen LogP contribution in [0.5, 0.6) is 0 Å². The van der Waals surface area contributed by atoms with Crippen molar-refractivity contribution in [1.29, 1.82) is 0 Å². The van der Waals surface area contributed by atoms with Crippen LogP contribution < -0.4 is 0 Å². The molecule has 0 bridgehead atoms. The fourth-order valence-corrected chi connectivity index (χ4v) is 3.75. The molecule has 18 heavy (non-hydrogen) atoms. The van der Waals surface area contributed by atoms with Crippen molar-refractivity contribution in [3.8, 4) is 0 Å². The molecule has 1 aromatic carbocycles. The van der Waals surface area contributed by atoms with Gasteiger partial charge in [0.25, 0.3) is 0 Å². The summed E-state index contributed by atoms with van der Waals surface area (Å²) in [6, 6.07) is 6.04. The first-order valence-corrected chi connectivity index (χ1v) is 7.69. The number of hydrogen-bond donors (Lipinski definition) is 0. The Labute approximate surface area is 117 Å². The molecule has 0 radical (unpaired) electrons. The van der Waals surface area contributed by atoms with Crippen LogP contribution in [0.25, 0.3) is 0 Å². The Balaban J connectivity index is 1.83. The van der Waals surface area contributed by atoms with Gasteiger partial charge in [-0.05, 0) is 62.1 Å². The van der Waals surface area contributed by atoms with Gasteiger partial charge in [0.2, 0.25) is 0 Å². The molecule has 1 unspecified atom stereocenters. The van der Waals surface area contributed by atoms with Crippen LogP contribution in [0.2, 0.25) is 0 Å². The molecule has 1 atom stereocenters. The third-order valence-electron chi connectivity index (χ3n) is 4.73. The van der Waals surface area contributed by atoms with E-state index < -0.39 is 0 Å². The quantitative estimate of drug-likeness (QED) is 0.709. The van der Waals surface area contributed by atoms with Gasteiger partial charge < -0.3 is 0 Å². The maximum Gasteiger partial charge on any atom is 0.166 e. The first-order chi connectivity index (χ1) is 8.60. The molecule has 0 aromatic heterocycles. The van der Waals surface area contributed by atoms with Crippen LogP contribution in [-0.4, -0.2) is 5.78 Å². The van der Waals surface area contributed by atoms with Crippen molar-refractivity contribution < 1.29 is 4.79 Å². The monoisotopic (exact) mass is 306 g/mol. The van der Waals surface area contributed by atoms with Crippen molar-refractivity contribution in [2.45, 2.75) is 45.4 Å². The van der Waals surface area contributed by atoms with Crippen LogP contribution in [0.4, 0.5) is 0 Å². The van der Waals surface area contributed by atoms with Crippen LogP contribution in [0.1, 0.15) is 54.4 Å². The predicted octanol–water partition coefficient (Wildman–Crippen LogP) is 4.91. The van der Waals surface area contributed by atoms with Crippen molar-refractivity contribution in [2.24, 2.45) is 11.3 Å². The number of benzene rings is 1. The van der Waals surface area contributed by atoms with Gasteiger partial charge in [-0.3, -0.25) is 4.79 Å². The Morgan fingerprint density at radius 1 is 1.33 bits per heavy atom. The molecule has 0 saturated heterocycles. The number of Topliss-reactive ketones (excluding diaryl/α,β-unsaturated/α-hetero) is 1. The maximum atomic E-state index is 12.7. The second-order valence-electron chi connectivity index (χ2n) is 6.12. The normalized spacial score (nSPS) is 25.1. The number of carbonyl (C=O) groups is 1. The molecule has 0 N–H and O–H groups in total. The SMILES string of the molecule is Cc1ccc(Br)cc1C(=O)C1CCCC2(CC2)C1. The molecule has 0 heterocycles. The van der Waals surface area contributed by atoms with E-state index in [-0.39, 0.29) is 5.92 Å². The molecular weight excluding hydrogens is 288 g/mol. The highest BCUT2D eigenvalue weighted by Crippen LogP contribution is 2.57. The van der Waals surface area contributed by atoms with Gasteiger partial charge in [0, 0.05) is 16.0 Å². The molecule has 2 fully saturated rings. The van der Waals surface area contributed by atoms with Gasteiger partial charge in [-0.2, -0.15) is 0 Å². The summed E-state index contributed by atoms with van der Waals surface area (Å²) >= 11 is 3.47. The van der Waals surface area contributed by atoms with E-state index >= 15 is 0 Å². The first-order valence-electron chi connectivity index (χ1n) is 6.90. The lowest BCUT2D eigenvalue weighted by molar-refractivity contribution is 0.0852. The zero-order valence-corrected chi connectivity index (χ0v) is 12.4. The Hall–Kier alpha value is -0.630. The van der Waals surface area contributed by atoms with Crippen molar-refractivity contribution in [1.82, 2.24) is 0 Å². The summed E-state index contributed by atoms with van der Waals surface area (Å²) in [4.78, 5) is 12.7. The highest BCUT2D eigenvalue weighted by Gasteiger charge is 2.47. The topological polar surface area (TPSA) is 17.1 Å². The van der Waals surface area contributed by atoms with Crippen molar-refractivity contribution in [3.05, 3.63) is 33.8 Å². The van der Waals surface area contributed by atoms with E-state index in [2.05, 4.69) is 15.9 Å². The van der Waals surface area contributed by atoms with Gasteiger partial charge in [0.15, 0.2) is 5.78 Å². The summed E-state index contributed by atoms with van der Waals surface area (Å²) in [5, 5.41) is 0. The van der Waals surface area contributed by atoms with Gasteiger partial charge in [-0.25, -0.2) is 0 Å². The summed E-state index contributed by atoms with van der Waals surface area (Å²) in [7, 11) is 0. The van der Waals surface area contributed by atoms with E-state index in [1.165, 1.54) is 25.7 Å². The predicted molar refractivity (Wildman–Crippen MR) is 76.8 cm³/mol. The van der Waals surface area contributed by atoms with Gasteiger partial charge >= 0.3 is 0 Å². The third kappa shape index (κ3) is 2.27. The van der Waals surface area contributed by atoms with Crippen LogP contribution in [0.15, 0.2) is 22.7 Å². The molecule has 0 aliphatic heterocycles. The summed E-state index contributed by atoms with van der Waals surface area (Å²) in [5.74, 6) is 0.647. The van der Waals surface area contributed by atoms with Crippen LogP contribution in [-0.2, 0) is 0 Å². The van der Waals surface area contributed by atoms with Gasteiger partial charge in [0.1, 0.15) is 0 Å². The van der Waals surface area contributed by atoms with E-state index in [9.17, 15) is 4.79 Å². The molecule has 3 rings (SSSR count). The van der Waals surface area contributed by atoms with E-state index in [4.69, 9.17) is 0 Å². The minimum Gasteiger partial charge on any atom is -0.294 e. The molecule has 1 aromatic rings. The number of aryl methyl sites for hydroxylation is 1. The summed E-state index contributed by atoms with van der Waals surface area (Å²) < 4.78 is 1.01. The molecule has 2 saturated carbocycles. The average molecular weight is 307 g/mol. The van der Waals surface area contributed by atoms with Gasteiger partial charge in [-0.15, -0.1) is 0 Å². The Kier molecular flexibility index (Phi) is 3.09. The Morgan fingerprint density at radius 3 is 2.83 bits per heavy atom. The number of rotatable bonds is 2. The lowest BCUT2D eigenvalue weighted by atomic mass is 9.75. The summed E-state index contributed by atoms with van der Waals surface area (Å²) in [6.07, 6.45) is 7.53. The lowest BCUT2D eigenvalue weighted by Gasteiger charge is -2.28. The van der Waals surface area contributed by atoms with Crippen LogP contribution in [0.3, 0.4) is 0 Å². The summed E-state index contributed by atoms with van der Waals surface area (Å²) in [6.45, 7) is 2.04. The Bertz CT molecular complexity index is 488. The zero-order chi connectivity index (χ0) is 12.8. The van der Waals surface area contributed by atoms with E-state index in [1.807, 2.05) is 25.1 Å². The number of halogens is 1. The second kappa shape index (κ2) is 4.48. The fraction of sp³-hybridized carbons (Fsp3) is 0.562. The third-order valence-corrected chi connectivity index (χ3v) is 5.23. The van der Waals surface area contributed by atoms with Crippen molar-refractivity contribution >= 4 is 21.7 Å². The molecule has 1 spiro atoms. The van der Waals surface area contributed by atoms with Gasteiger partial charge in [0.05, 0.1) is 0 Å². The Morgan fingerprint density at radius 2 is 2.11 bits per heavy atom. The minimum atomic E-state index is 0.272. The van der Waals surface area contributed by atoms with E-state index in [1.54, 1.807) is 0 Å². The van der Waals surface area contributed by atoms with Gasteiger partial charge in [-0.1, -0.05) is 28.4 Å². The highest BCUT2D eigenvalue weighted by atomic mass is 79.9. The van der Waals surface area contributed by atoms with E-state index in [0.717, 1.165) is 28.4 Å². The standard InChI is InChI=1S/C16H19BrO/c1-11-4-5-13(17)9-14(11)15(18)12-3-2-6-16(10-12)7-8-16/h4-5,9,12H,2-3,6-8,10H2,1H3. The number of hydrogen-bond acceptors (Lipinski definition) is 1. The number of ketones is 1. The first kappa shape index (κ1) is 12.4.